The Bertz CT molecular complexity index is 646. The van der Waals surface area contributed by atoms with Gasteiger partial charge in [0.2, 0.25) is 0 Å². The van der Waals surface area contributed by atoms with Crippen molar-refractivity contribution in [2.75, 3.05) is 26.2 Å². The van der Waals surface area contributed by atoms with Crippen LogP contribution in [0.25, 0.3) is 6.08 Å². The van der Waals surface area contributed by atoms with Gasteiger partial charge in [-0.05, 0) is 56.2 Å². The molecule has 136 valence electrons. The van der Waals surface area contributed by atoms with Gasteiger partial charge >= 0.3 is 5.97 Å². The molecule has 1 aliphatic rings. The fourth-order valence-electron chi connectivity index (χ4n) is 2.88. The van der Waals surface area contributed by atoms with Crippen LogP contribution in [0.3, 0.4) is 0 Å². The number of esters is 1. The van der Waals surface area contributed by atoms with E-state index in [1.807, 2.05) is 6.92 Å². The van der Waals surface area contributed by atoms with Crippen LogP contribution in [0.1, 0.15) is 31.7 Å². The highest BCUT2D eigenvalue weighted by Gasteiger charge is 2.26. The maximum absolute atomic E-state index is 12.1. The molecular weight excluding hydrogens is 361 g/mol. The van der Waals surface area contributed by atoms with E-state index in [2.05, 4.69) is 4.90 Å². The standard InChI is InChI=1S/C19H23Cl2NO3/c1-2-25-19(24)15-4-3-10-22(13-15)11-9-17(23)8-6-14-5-7-16(20)12-18(14)21/h5-8,12,15H,2-4,9-11,13H2,1H3/b8-6+. The first-order chi connectivity index (χ1) is 12.0. The van der Waals surface area contributed by atoms with E-state index in [0.717, 1.165) is 24.9 Å². The Kier molecular flexibility index (Phi) is 7.94. The summed E-state index contributed by atoms with van der Waals surface area (Å²) < 4.78 is 5.10. The first kappa shape index (κ1) is 20.0. The predicted octanol–water partition coefficient (Wildman–Crippen LogP) is 4.24. The lowest BCUT2D eigenvalue weighted by atomic mass is 9.98. The number of allylic oxidation sites excluding steroid dienone is 1. The molecule has 2 rings (SSSR count). The molecule has 4 nitrogen and oxygen atoms in total. The van der Waals surface area contributed by atoms with E-state index in [1.54, 1.807) is 30.4 Å². The summed E-state index contributed by atoms with van der Waals surface area (Å²) in [5, 5.41) is 1.08. The molecule has 1 fully saturated rings. The predicted molar refractivity (Wildman–Crippen MR) is 101 cm³/mol. The number of halogens is 2. The molecule has 0 N–H and O–H groups in total. The van der Waals surface area contributed by atoms with Crippen LogP contribution in [0.4, 0.5) is 0 Å². The molecule has 0 bridgehead atoms. The van der Waals surface area contributed by atoms with Gasteiger partial charge in [-0.25, -0.2) is 0 Å². The van der Waals surface area contributed by atoms with Crippen LogP contribution in [0.15, 0.2) is 24.3 Å². The molecule has 1 aromatic rings. The van der Waals surface area contributed by atoms with Crippen molar-refractivity contribution in [3.8, 4) is 0 Å². The van der Waals surface area contributed by atoms with Gasteiger partial charge in [-0.1, -0.05) is 29.3 Å². The molecule has 0 radical (unpaired) electrons. The molecule has 0 amide bonds. The molecule has 1 atom stereocenters. The number of ether oxygens (including phenoxy) is 1. The number of rotatable bonds is 7. The summed E-state index contributed by atoms with van der Waals surface area (Å²) in [6, 6.07) is 5.17. The summed E-state index contributed by atoms with van der Waals surface area (Å²) in [7, 11) is 0. The van der Waals surface area contributed by atoms with Gasteiger partial charge in [-0.3, -0.25) is 9.59 Å². The van der Waals surface area contributed by atoms with Crippen LogP contribution in [0.5, 0.6) is 0 Å². The van der Waals surface area contributed by atoms with Gasteiger partial charge < -0.3 is 9.64 Å². The van der Waals surface area contributed by atoms with Crippen LogP contribution < -0.4 is 0 Å². The number of benzene rings is 1. The number of carbonyl (C=O) groups excluding carboxylic acids is 2. The fraction of sp³-hybridized carbons (Fsp3) is 0.474. The highest BCUT2D eigenvalue weighted by atomic mass is 35.5. The number of hydrogen-bond acceptors (Lipinski definition) is 4. The Hall–Kier alpha value is -1.36. The fourth-order valence-corrected chi connectivity index (χ4v) is 3.35. The molecule has 0 aromatic heterocycles. The van der Waals surface area contributed by atoms with E-state index in [1.165, 1.54) is 0 Å². The summed E-state index contributed by atoms with van der Waals surface area (Å²) in [4.78, 5) is 26.1. The number of carbonyl (C=O) groups is 2. The Morgan fingerprint density at radius 3 is 2.88 bits per heavy atom. The minimum Gasteiger partial charge on any atom is -0.466 e. The minimum atomic E-state index is -0.129. The monoisotopic (exact) mass is 383 g/mol. The zero-order valence-corrected chi connectivity index (χ0v) is 15.9. The number of ketones is 1. The molecule has 0 saturated carbocycles. The Labute approximate surface area is 158 Å². The van der Waals surface area contributed by atoms with E-state index < -0.39 is 0 Å². The molecule has 1 heterocycles. The molecule has 1 saturated heterocycles. The Morgan fingerprint density at radius 1 is 1.36 bits per heavy atom. The van der Waals surface area contributed by atoms with Crippen LogP contribution in [-0.2, 0) is 14.3 Å². The minimum absolute atomic E-state index is 0.0317. The maximum atomic E-state index is 12.1. The van der Waals surface area contributed by atoms with E-state index in [4.69, 9.17) is 27.9 Å². The number of piperidine rings is 1. The summed E-state index contributed by atoms with van der Waals surface area (Å²) in [5.41, 5.74) is 0.764. The largest absolute Gasteiger partial charge is 0.466 e. The first-order valence-electron chi connectivity index (χ1n) is 8.54. The van der Waals surface area contributed by atoms with Crippen molar-refractivity contribution in [3.63, 3.8) is 0 Å². The normalized spacial score (nSPS) is 18.4. The average Bonchev–Trinajstić information content (AvgIpc) is 2.59. The van der Waals surface area contributed by atoms with Crippen molar-refractivity contribution in [2.24, 2.45) is 5.92 Å². The molecule has 0 aliphatic carbocycles. The third kappa shape index (κ3) is 6.46. The third-order valence-electron chi connectivity index (χ3n) is 4.21. The van der Waals surface area contributed by atoms with Crippen molar-refractivity contribution < 1.29 is 14.3 Å². The molecule has 1 aliphatic heterocycles. The third-order valence-corrected chi connectivity index (χ3v) is 4.77. The van der Waals surface area contributed by atoms with Gasteiger partial charge in [0.1, 0.15) is 0 Å². The van der Waals surface area contributed by atoms with Crippen molar-refractivity contribution >= 4 is 41.0 Å². The smallest absolute Gasteiger partial charge is 0.310 e. The number of likely N-dealkylation sites (tertiary alicyclic amines) is 1. The lowest BCUT2D eigenvalue weighted by Crippen LogP contribution is -2.40. The Morgan fingerprint density at radius 2 is 2.16 bits per heavy atom. The van der Waals surface area contributed by atoms with Crippen LogP contribution in [0, 0.1) is 5.92 Å². The van der Waals surface area contributed by atoms with Crippen molar-refractivity contribution in [3.05, 3.63) is 39.9 Å². The van der Waals surface area contributed by atoms with Gasteiger partial charge in [0.15, 0.2) is 5.78 Å². The lowest BCUT2D eigenvalue weighted by molar-refractivity contribution is -0.149. The summed E-state index contributed by atoms with van der Waals surface area (Å²) >= 11 is 11.9. The number of hydrogen-bond donors (Lipinski definition) is 0. The SMILES string of the molecule is CCOC(=O)C1CCCN(CCC(=O)/C=C/c2ccc(Cl)cc2Cl)C1. The molecule has 0 spiro atoms. The summed E-state index contributed by atoms with van der Waals surface area (Å²) in [6.07, 6.45) is 5.48. The Balaban J connectivity index is 1.81. The molecule has 6 heteroatoms. The quantitative estimate of drug-likeness (QED) is 0.521. The van der Waals surface area contributed by atoms with Crippen LogP contribution in [0.2, 0.25) is 10.0 Å². The van der Waals surface area contributed by atoms with Crippen molar-refractivity contribution in [1.29, 1.82) is 0 Å². The molecule has 1 unspecified atom stereocenters. The molecule has 25 heavy (non-hydrogen) atoms. The van der Waals surface area contributed by atoms with E-state index >= 15 is 0 Å². The first-order valence-corrected chi connectivity index (χ1v) is 9.30. The second-order valence-electron chi connectivity index (χ2n) is 6.11. The number of nitrogens with zero attached hydrogens (tertiary/aromatic N) is 1. The van der Waals surface area contributed by atoms with Gasteiger partial charge in [0.25, 0.3) is 0 Å². The molecular formula is C19H23Cl2NO3. The zero-order chi connectivity index (χ0) is 18.2. The van der Waals surface area contributed by atoms with Gasteiger partial charge in [-0.15, -0.1) is 0 Å². The second kappa shape index (κ2) is 9.95. The van der Waals surface area contributed by atoms with E-state index in [-0.39, 0.29) is 17.7 Å². The van der Waals surface area contributed by atoms with Crippen molar-refractivity contribution in [2.45, 2.75) is 26.2 Å². The molecule has 1 aromatic carbocycles. The van der Waals surface area contributed by atoms with E-state index in [0.29, 0.717) is 36.2 Å². The zero-order valence-electron chi connectivity index (χ0n) is 14.3. The topological polar surface area (TPSA) is 46.6 Å². The highest BCUT2D eigenvalue weighted by molar-refractivity contribution is 6.35. The van der Waals surface area contributed by atoms with Gasteiger partial charge in [0.05, 0.1) is 12.5 Å². The lowest BCUT2D eigenvalue weighted by Gasteiger charge is -2.31. The average molecular weight is 384 g/mol. The van der Waals surface area contributed by atoms with E-state index in [9.17, 15) is 9.59 Å². The van der Waals surface area contributed by atoms with Crippen LogP contribution in [-0.4, -0.2) is 42.9 Å². The van der Waals surface area contributed by atoms with Crippen molar-refractivity contribution in [1.82, 2.24) is 4.90 Å². The summed E-state index contributed by atoms with van der Waals surface area (Å²) in [6.45, 7) is 4.45. The van der Waals surface area contributed by atoms with Gasteiger partial charge in [0, 0.05) is 29.6 Å². The second-order valence-corrected chi connectivity index (χ2v) is 6.95. The highest BCUT2D eigenvalue weighted by Crippen LogP contribution is 2.22. The summed E-state index contributed by atoms with van der Waals surface area (Å²) in [5.74, 6) is -0.174. The maximum Gasteiger partial charge on any atom is 0.310 e. The van der Waals surface area contributed by atoms with Crippen LogP contribution >= 0.6 is 23.2 Å². The van der Waals surface area contributed by atoms with Gasteiger partial charge in [-0.2, -0.15) is 0 Å².